The number of nitrogens with one attached hydrogen (secondary N) is 1. The first-order valence-corrected chi connectivity index (χ1v) is 5.71. The first-order chi connectivity index (χ1) is 8.04. The summed E-state index contributed by atoms with van der Waals surface area (Å²) in [6, 6.07) is 3.88. The van der Waals surface area contributed by atoms with E-state index in [-0.39, 0.29) is 0 Å². The summed E-state index contributed by atoms with van der Waals surface area (Å²) in [4.78, 5) is 0. The number of aromatic hydroxyl groups is 1. The lowest BCUT2D eigenvalue weighted by Gasteiger charge is -2.12. The van der Waals surface area contributed by atoms with E-state index >= 15 is 0 Å². The Hall–Kier alpha value is -1.10. The standard InChI is InChI=1S/C13H21NO3/c1-9-4-11(5-10(2)13(9)16)6-14-7-12(15)8-17-3/h4-5,12,14-16H,6-8H2,1-3H3. The van der Waals surface area contributed by atoms with E-state index in [2.05, 4.69) is 5.32 Å². The lowest BCUT2D eigenvalue weighted by molar-refractivity contribution is 0.0644. The average Bonchev–Trinajstić information content (AvgIpc) is 2.26. The predicted octanol–water partition coefficient (Wildman–Crippen LogP) is 1.11. The molecule has 0 amide bonds. The highest BCUT2D eigenvalue weighted by molar-refractivity contribution is 5.42. The molecule has 1 aromatic rings. The summed E-state index contributed by atoms with van der Waals surface area (Å²) in [5, 5.41) is 22.2. The second-order valence-corrected chi connectivity index (χ2v) is 4.32. The number of methoxy groups -OCH3 is 1. The molecule has 0 radical (unpaired) electrons. The fourth-order valence-electron chi connectivity index (χ4n) is 1.78. The molecular formula is C13H21NO3. The minimum Gasteiger partial charge on any atom is -0.507 e. The summed E-state index contributed by atoms with van der Waals surface area (Å²) in [7, 11) is 1.57. The zero-order chi connectivity index (χ0) is 12.8. The SMILES string of the molecule is COCC(O)CNCc1cc(C)c(O)c(C)c1. The van der Waals surface area contributed by atoms with E-state index < -0.39 is 6.10 Å². The van der Waals surface area contributed by atoms with Gasteiger partial charge >= 0.3 is 0 Å². The van der Waals surface area contributed by atoms with Gasteiger partial charge in [0.2, 0.25) is 0 Å². The molecule has 0 aromatic heterocycles. The van der Waals surface area contributed by atoms with Crippen LogP contribution in [-0.2, 0) is 11.3 Å². The summed E-state index contributed by atoms with van der Waals surface area (Å²) < 4.78 is 4.84. The van der Waals surface area contributed by atoms with Crippen molar-refractivity contribution in [1.82, 2.24) is 5.32 Å². The van der Waals surface area contributed by atoms with Crippen molar-refractivity contribution < 1.29 is 14.9 Å². The molecule has 1 unspecified atom stereocenters. The van der Waals surface area contributed by atoms with Crippen LogP contribution in [0.25, 0.3) is 0 Å². The van der Waals surface area contributed by atoms with E-state index in [1.807, 2.05) is 26.0 Å². The lowest BCUT2D eigenvalue weighted by atomic mass is 10.1. The van der Waals surface area contributed by atoms with Crippen molar-refractivity contribution in [2.24, 2.45) is 0 Å². The maximum Gasteiger partial charge on any atom is 0.121 e. The van der Waals surface area contributed by atoms with Crippen LogP contribution in [-0.4, -0.2) is 36.6 Å². The number of phenolic OH excluding ortho intramolecular Hbond substituents is 1. The van der Waals surface area contributed by atoms with Gasteiger partial charge < -0.3 is 20.3 Å². The van der Waals surface area contributed by atoms with E-state index in [4.69, 9.17) is 4.74 Å². The van der Waals surface area contributed by atoms with Gasteiger partial charge in [0.15, 0.2) is 0 Å². The van der Waals surface area contributed by atoms with Crippen LogP contribution in [0.2, 0.25) is 0 Å². The van der Waals surface area contributed by atoms with Crippen LogP contribution in [0.4, 0.5) is 0 Å². The Balaban J connectivity index is 2.47. The van der Waals surface area contributed by atoms with E-state index in [0.29, 0.717) is 25.4 Å². The minimum atomic E-state index is -0.487. The molecule has 0 aliphatic heterocycles. The second-order valence-electron chi connectivity index (χ2n) is 4.32. The van der Waals surface area contributed by atoms with Crippen LogP contribution in [0.3, 0.4) is 0 Å². The van der Waals surface area contributed by atoms with Crippen LogP contribution in [0.15, 0.2) is 12.1 Å². The van der Waals surface area contributed by atoms with Crippen molar-refractivity contribution >= 4 is 0 Å². The number of ether oxygens (including phenoxy) is 1. The molecule has 0 bridgehead atoms. The third kappa shape index (κ3) is 4.34. The number of benzene rings is 1. The third-order valence-electron chi connectivity index (χ3n) is 2.62. The highest BCUT2D eigenvalue weighted by Crippen LogP contribution is 2.22. The summed E-state index contributed by atoms with van der Waals surface area (Å²) >= 11 is 0. The summed E-state index contributed by atoms with van der Waals surface area (Å²) in [6.07, 6.45) is -0.487. The predicted molar refractivity (Wildman–Crippen MR) is 67.2 cm³/mol. The lowest BCUT2D eigenvalue weighted by Crippen LogP contribution is -2.29. The zero-order valence-electron chi connectivity index (χ0n) is 10.7. The third-order valence-corrected chi connectivity index (χ3v) is 2.62. The van der Waals surface area contributed by atoms with Crippen molar-refractivity contribution in [3.05, 3.63) is 28.8 Å². The molecule has 0 heterocycles. The molecule has 1 rings (SSSR count). The van der Waals surface area contributed by atoms with Crippen LogP contribution in [0.5, 0.6) is 5.75 Å². The Morgan fingerprint density at radius 3 is 2.41 bits per heavy atom. The number of rotatable bonds is 6. The first-order valence-electron chi connectivity index (χ1n) is 5.71. The number of aryl methyl sites for hydroxylation is 2. The molecular weight excluding hydrogens is 218 g/mol. The van der Waals surface area contributed by atoms with Crippen LogP contribution in [0.1, 0.15) is 16.7 Å². The maximum absolute atomic E-state index is 9.64. The Labute approximate surface area is 102 Å². The number of hydrogen-bond acceptors (Lipinski definition) is 4. The molecule has 1 aromatic carbocycles. The molecule has 17 heavy (non-hydrogen) atoms. The fourth-order valence-corrected chi connectivity index (χ4v) is 1.78. The fraction of sp³-hybridized carbons (Fsp3) is 0.538. The van der Waals surface area contributed by atoms with Gasteiger partial charge in [0, 0.05) is 20.2 Å². The topological polar surface area (TPSA) is 61.7 Å². The van der Waals surface area contributed by atoms with Gasteiger partial charge in [-0.1, -0.05) is 12.1 Å². The molecule has 4 nitrogen and oxygen atoms in total. The molecule has 96 valence electrons. The van der Waals surface area contributed by atoms with Gasteiger partial charge in [-0.15, -0.1) is 0 Å². The normalized spacial score (nSPS) is 12.7. The monoisotopic (exact) mass is 239 g/mol. The van der Waals surface area contributed by atoms with E-state index in [1.54, 1.807) is 7.11 Å². The molecule has 0 aliphatic rings. The molecule has 0 fully saturated rings. The van der Waals surface area contributed by atoms with E-state index in [9.17, 15) is 10.2 Å². The Bertz CT molecular complexity index is 343. The molecule has 0 spiro atoms. The minimum absolute atomic E-state index is 0.334. The molecule has 0 saturated heterocycles. The van der Waals surface area contributed by atoms with Crippen molar-refractivity contribution in [3.8, 4) is 5.75 Å². The highest BCUT2D eigenvalue weighted by atomic mass is 16.5. The van der Waals surface area contributed by atoms with Crippen molar-refractivity contribution in [3.63, 3.8) is 0 Å². The molecule has 0 aliphatic carbocycles. The van der Waals surface area contributed by atoms with Gasteiger partial charge in [-0.05, 0) is 30.5 Å². The smallest absolute Gasteiger partial charge is 0.121 e. The van der Waals surface area contributed by atoms with Gasteiger partial charge in [-0.3, -0.25) is 0 Å². The molecule has 0 saturated carbocycles. The Morgan fingerprint density at radius 1 is 1.29 bits per heavy atom. The number of aliphatic hydroxyl groups excluding tert-OH is 1. The van der Waals surface area contributed by atoms with Crippen molar-refractivity contribution in [2.75, 3.05) is 20.3 Å². The average molecular weight is 239 g/mol. The first kappa shape index (κ1) is 14.0. The Morgan fingerprint density at radius 2 is 1.88 bits per heavy atom. The molecule has 1 atom stereocenters. The van der Waals surface area contributed by atoms with Gasteiger partial charge in [0.05, 0.1) is 12.7 Å². The maximum atomic E-state index is 9.64. The van der Waals surface area contributed by atoms with Crippen LogP contribution in [0, 0.1) is 13.8 Å². The van der Waals surface area contributed by atoms with Crippen molar-refractivity contribution in [1.29, 1.82) is 0 Å². The number of aliphatic hydroxyl groups is 1. The zero-order valence-corrected chi connectivity index (χ0v) is 10.7. The summed E-state index contributed by atoms with van der Waals surface area (Å²) in [5.74, 6) is 0.355. The van der Waals surface area contributed by atoms with Gasteiger partial charge in [-0.2, -0.15) is 0 Å². The highest BCUT2D eigenvalue weighted by Gasteiger charge is 2.05. The largest absolute Gasteiger partial charge is 0.507 e. The van der Waals surface area contributed by atoms with Crippen LogP contribution < -0.4 is 5.32 Å². The van der Waals surface area contributed by atoms with Gasteiger partial charge in [-0.25, -0.2) is 0 Å². The van der Waals surface area contributed by atoms with E-state index in [1.165, 1.54) is 0 Å². The van der Waals surface area contributed by atoms with E-state index in [0.717, 1.165) is 16.7 Å². The number of phenols is 1. The summed E-state index contributed by atoms with van der Waals surface area (Å²) in [6.45, 7) is 5.26. The van der Waals surface area contributed by atoms with Gasteiger partial charge in [0.25, 0.3) is 0 Å². The quantitative estimate of drug-likeness (QED) is 0.696. The van der Waals surface area contributed by atoms with Crippen LogP contribution >= 0.6 is 0 Å². The number of hydrogen-bond donors (Lipinski definition) is 3. The second kappa shape index (κ2) is 6.59. The Kier molecular flexibility index (Phi) is 5.41. The van der Waals surface area contributed by atoms with Crippen molar-refractivity contribution in [2.45, 2.75) is 26.5 Å². The molecule has 4 heteroatoms. The van der Waals surface area contributed by atoms with Gasteiger partial charge in [0.1, 0.15) is 5.75 Å². The summed E-state index contributed by atoms with van der Waals surface area (Å²) in [5.41, 5.74) is 2.85. The molecule has 3 N–H and O–H groups in total.